The van der Waals surface area contributed by atoms with Crippen molar-refractivity contribution >= 4 is 23.9 Å². The fourth-order valence-electron chi connectivity index (χ4n) is 2.40. The van der Waals surface area contributed by atoms with Gasteiger partial charge in [0.1, 0.15) is 17.1 Å². The fraction of sp³-hybridized carbons (Fsp3) is 0.105. The number of allylic oxidation sites excluding steroid dienone is 2. The summed E-state index contributed by atoms with van der Waals surface area (Å²) < 4.78 is 10.2. The highest BCUT2D eigenvalue weighted by Crippen LogP contribution is 2.17. The zero-order chi connectivity index (χ0) is 18.5. The van der Waals surface area contributed by atoms with E-state index in [9.17, 15) is 14.4 Å². The second-order valence-corrected chi connectivity index (χ2v) is 5.45. The van der Waals surface area contributed by atoms with E-state index in [4.69, 9.17) is 9.15 Å². The number of ether oxygens (including phenoxy) is 1. The summed E-state index contributed by atoms with van der Waals surface area (Å²) in [6, 6.07) is 9.66. The second-order valence-electron chi connectivity index (χ2n) is 5.45. The highest BCUT2D eigenvalue weighted by molar-refractivity contribution is 6.28. The van der Waals surface area contributed by atoms with Crippen LogP contribution in [0.2, 0.25) is 0 Å². The van der Waals surface area contributed by atoms with Gasteiger partial charge in [0.15, 0.2) is 0 Å². The molecule has 1 aliphatic heterocycles. The standard InChI is InChI=1S/C19H16N2O5/c1-25-14-9-7-13(8-10-14)12-21-18(23)16(17(22)20-19(21)24)6-2-4-15-5-3-11-26-15/h2-11H,12H2,1H3,(H,20,22,24)/b4-2+,16-6+. The molecular weight excluding hydrogens is 336 g/mol. The van der Waals surface area contributed by atoms with Crippen LogP contribution in [0.4, 0.5) is 4.79 Å². The molecule has 1 aliphatic rings. The fourth-order valence-corrected chi connectivity index (χ4v) is 2.40. The predicted molar refractivity (Wildman–Crippen MR) is 92.9 cm³/mol. The Labute approximate surface area is 149 Å². The van der Waals surface area contributed by atoms with Crippen molar-refractivity contribution in [3.8, 4) is 5.75 Å². The highest BCUT2D eigenvalue weighted by Gasteiger charge is 2.35. The topological polar surface area (TPSA) is 88.8 Å². The van der Waals surface area contributed by atoms with Gasteiger partial charge in [-0.1, -0.05) is 18.2 Å². The molecule has 132 valence electrons. The molecule has 0 saturated carbocycles. The van der Waals surface area contributed by atoms with Gasteiger partial charge in [0.2, 0.25) is 0 Å². The number of furan rings is 1. The van der Waals surface area contributed by atoms with E-state index in [0.717, 1.165) is 10.5 Å². The van der Waals surface area contributed by atoms with E-state index >= 15 is 0 Å². The molecule has 26 heavy (non-hydrogen) atoms. The second kappa shape index (κ2) is 7.52. The van der Waals surface area contributed by atoms with Gasteiger partial charge in [-0.2, -0.15) is 0 Å². The van der Waals surface area contributed by atoms with Crippen LogP contribution in [0.3, 0.4) is 0 Å². The van der Waals surface area contributed by atoms with Gasteiger partial charge in [0.05, 0.1) is 19.9 Å². The van der Waals surface area contributed by atoms with Crippen LogP contribution in [0.15, 0.2) is 64.8 Å². The minimum atomic E-state index is -0.747. The first-order valence-electron chi connectivity index (χ1n) is 7.80. The molecule has 1 N–H and O–H groups in total. The maximum Gasteiger partial charge on any atom is 0.331 e. The molecule has 1 aromatic heterocycles. The van der Waals surface area contributed by atoms with Gasteiger partial charge in [-0.15, -0.1) is 0 Å². The van der Waals surface area contributed by atoms with Crippen LogP contribution in [-0.4, -0.2) is 29.9 Å². The Bertz CT molecular complexity index is 879. The minimum Gasteiger partial charge on any atom is -0.497 e. The molecular formula is C19H16N2O5. The molecule has 0 bridgehead atoms. The van der Waals surface area contributed by atoms with E-state index in [1.165, 1.54) is 18.4 Å². The summed E-state index contributed by atoms with van der Waals surface area (Å²) in [4.78, 5) is 37.5. The average molecular weight is 352 g/mol. The lowest BCUT2D eigenvalue weighted by molar-refractivity contribution is -0.130. The molecule has 1 fully saturated rings. The number of methoxy groups -OCH3 is 1. The van der Waals surface area contributed by atoms with Crippen LogP contribution in [0.1, 0.15) is 11.3 Å². The Kier molecular flexibility index (Phi) is 4.98. The number of imide groups is 2. The Morgan fingerprint density at radius 2 is 1.92 bits per heavy atom. The Morgan fingerprint density at radius 3 is 2.58 bits per heavy atom. The Balaban J connectivity index is 1.78. The van der Waals surface area contributed by atoms with Gasteiger partial charge >= 0.3 is 6.03 Å². The molecule has 0 spiro atoms. The monoisotopic (exact) mass is 352 g/mol. The predicted octanol–water partition coefficient (Wildman–Crippen LogP) is 2.51. The maximum atomic E-state index is 12.6. The lowest BCUT2D eigenvalue weighted by atomic mass is 10.1. The van der Waals surface area contributed by atoms with Crippen molar-refractivity contribution in [3.63, 3.8) is 0 Å². The quantitative estimate of drug-likeness (QED) is 0.660. The van der Waals surface area contributed by atoms with E-state index in [1.54, 1.807) is 49.6 Å². The van der Waals surface area contributed by atoms with E-state index in [1.807, 2.05) is 0 Å². The first-order valence-corrected chi connectivity index (χ1v) is 7.80. The molecule has 7 nitrogen and oxygen atoms in total. The first-order chi connectivity index (χ1) is 12.6. The van der Waals surface area contributed by atoms with E-state index in [2.05, 4.69) is 5.32 Å². The molecule has 4 amide bonds. The minimum absolute atomic E-state index is 0.0428. The van der Waals surface area contributed by atoms with Crippen molar-refractivity contribution in [2.75, 3.05) is 7.11 Å². The summed E-state index contributed by atoms with van der Waals surface area (Å²) in [7, 11) is 1.55. The van der Waals surface area contributed by atoms with Crippen molar-refractivity contribution in [2.24, 2.45) is 0 Å². The SMILES string of the molecule is COc1ccc(CN2C(=O)NC(=O)/C(=C\C=C\c3ccco3)C2=O)cc1. The molecule has 0 atom stereocenters. The number of carbonyl (C=O) groups excluding carboxylic acids is 3. The van der Waals surface area contributed by atoms with Crippen molar-refractivity contribution in [2.45, 2.75) is 6.54 Å². The number of carbonyl (C=O) groups is 3. The maximum absolute atomic E-state index is 12.6. The van der Waals surface area contributed by atoms with Gasteiger partial charge in [-0.05, 0) is 42.0 Å². The summed E-state index contributed by atoms with van der Waals surface area (Å²) in [5.74, 6) is -0.132. The average Bonchev–Trinajstić information content (AvgIpc) is 3.15. The third-order valence-corrected chi connectivity index (χ3v) is 3.75. The largest absolute Gasteiger partial charge is 0.497 e. The molecule has 2 aromatic rings. The summed E-state index contributed by atoms with van der Waals surface area (Å²) in [5.41, 5.74) is 0.607. The number of nitrogens with zero attached hydrogens (tertiary/aromatic N) is 1. The molecule has 1 saturated heterocycles. The number of rotatable bonds is 5. The van der Waals surface area contributed by atoms with Crippen molar-refractivity contribution in [3.05, 3.63) is 71.7 Å². The van der Waals surface area contributed by atoms with Crippen LogP contribution in [0, 0.1) is 0 Å². The van der Waals surface area contributed by atoms with Crippen LogP contribution in [0.25, 0.3) is 6.08 Å². The van der Waals surface area contributed by atoms with Crippen molar-refractivity contribution in [1.82, 2.24) is 10.2 Å². The Hall–Kier alpha value is -3.61. The highest BCUT2D eigenvalue weighted by atomic mass is 16.5. The molecule has 7 heteroatoms. The van der Waals surface area contributed by atoms with Gasteiger partial charge in [-0.25, -0.2) is 4.79 Å². The number of hydrogen-bond donors (Lipinski definition) is 1. The number of urea groups is 1. The number of hydrogen-bond acceptors (Lipinski definition) is 5. The number of benzene rings is 1. The van der Waals surface area contributed by atoms with Gasteiger partial charge in [-0.3, -0.25) is 19.8 Å². The zero-order valence-corrected chi connectivity index (χ0v) is 14.0. The zero-order valence-electron chi connectivity index (χ0n) is 14.0. The molecule has 1 aromatic carbocycles. The van der Waals surface area contributed by atoms with E-state index < -0.39 is 17.8 Å². The van der Waals surface area contributed by atoms with Crippen molar-refractivity contribution in [1.29, 1.82) is 0 Å². The van der Waals surface area contributed by atoms with E-state index in [0.29, 0.717) is 11.5 Å². The lowest BCUT2D eigenvalue weighted by Gasteiger charge is -2.26. The van der Waals surface area contributed by atoms with Crippen LogP contribution in [-0.2, 0) is 16.1 Å². The van der Waals surface area contributed by atoms with Crippen LogP contribution < -0.4 is 10.1 Å². The third kappa shape index (κ3) is 3.72. The summed E-state index contributed by atoms with van der Waals surface area (Å²) >= 11 is 0. The van der Waals surface area contributed by atoms with Gasteiger partial charge < -0.3 is 9.15 Å². The van der Waals surface area contributed by atoms with Crippen molar-refractivity contribution < 1.29 is 23.5 Å². The van der Waals surface area contributed by atoms with Crippen LogP contribution in [0.5, 0.6) is 5.75 Å². The van der Waals surface area contributed by atoms with Crippen LogP contribution >= 0.6 is 0 Å². The summed E-state index contributed by atoms with van der Waals surface area (Å²) in [6.07, 6.45) is 6.00. The Morgan fingerprint density at radius 1 is 1.15 bits per heavy atom. The number of amides is 4. The normalized spacial score (nSPS) is 16.4. The number of barbiturate groups is 1. The third-order valence-electron chi connectivity index (χ3n) is 3.75. The summed E-state index contributed by atoms with van der Waals surface area (Å²) in [5, 5.41) is 2.17. The number of nitrogens with one attached hydrogen (secondary N) is 1. The van der Waals surface area contributed by atoms with E-state index in [-0.39, 0.29) is 12.1 Å². The summed E-state index contributed by atoms with van der Waals surface area (Å²) in [6.45, 7) is 0.0428. The van der Waals surface area contributed by atoms with Gasteiger partial charge in [0.25, 0.3) is 11.8 Å². The molecule has 0 unspecified atom stereocenters. The smallest absolute Gasteiger partial charge is 0.331 e. The molecule has 0 aliphatic carbocycles. The molecule has 3 rings (SSSR count). The lowest BCUT2D eigenvalue weighted by Crippen LogP contribution is -2.53. The molecule has 2 heterocycles. The first kappa shape index (κ1) is 17.2. The van der Waals surface area contributed by atoms with Gasteiger partial charge in [0, 0.05) is 0 Å². The molecule has 0 radical (unpaired) electrons.